The molecular weight excluding hydrogens is 367 g/mol. The molecule has 0 bridgehead atoms. The van der Waals surface area contributed by atoms with Gasteiger partial charge in [-0.2, -0.15) is 0 Å². The maximum Gasteiger partial charge on any atom is 0.0962 e. The van der Waals surface area contributed by atoms with Crippen molar-refractivity contribution in [3.8, 4) is 0 Å². The standard InChI is InChI=1S/C20H42N4.2ClH/c1-17(2)19(21)23-15-13-11-9-7-5-6-8-10-12-14-16-24-20(22)18(3)4;;/h17-18H,5-16H2,1-4H3,(H2,21,23)(H2,22,24);2*1H. The lowest BCUT2D eigenvalue weighted by Crippen LogP contribution is -2.19. The van der Waals surface area contributed by atoms with Crippen molar-refractivity contribution >= 4 is 36.5 Å². The van der Waals surface area contributed by atoms with E-state index < -0.39 is 0 Å². The van der Waals surface area contributed by atoms with Crippen LogP contribution in [0.3, 0.4) is 0 Å². The molecule has 0 radical (unpaired) electrons. The summed E-state index contributed by atoms with van der Waals surface area (Å²) < 4.78 is 0. The lowest BCUT2D eigenvalue weighted by Gasteiger charge is -2.05. The summed E-state index contributed by atoms with van der Waals surface area (Å²) in [6.45, 7) is 10.2. The molecule has 0 aromatic rings. The van der Waals surface area contributed by atoms with Crippen molar-refractivity contribution in [2.24, 2.45) is 33.3 Å². The zero-order valence-corrected chi connectivity index (χ0v) is 19.1. The first kappa shape index (κ1) is 30.3. The third-order valence-electron chi connectivity index (χ3n) is 4.34. The number of rotatable bonds is 15. The Bertz CT molecular complexity index is 322. The second-order valence-corrected chi connectivity index (χ2v) is 7.46. The number of amidine groups is 2. The third-order valence-corrected chi connectivity index (χ3v) is 4.34. The molecule has 0 rings (SSSR count). The summed E-state index contributed by atoms with van der Waals surface area (Å²) in [7, 11) is 0. The van der Waals surface area contributed by atoms with Crippen molar-refractivity contribution in [1.29, 1.82) is 0 Å². The topological polar surface area (TPSA) is 76.8 Å². The summed E-state index contributed by atoms with van der Waals surface area (Å²) in [5, 5.41) is 0. The van der Waals surface area contributed by atoms with E-state index in [1.807, 2.05) is 0 Å². The van der Waals surface area contributed by atoms with Crippen molar-refractivity contribution in [1.82, 2.24) is 0 Å². The van der Waals surface area contributed by atoms with Gasteiger partial charge in [0.25, 0.3) is 0 Å². The Balaban J connectivity index is -0.00000264. The smallest absolute Gasteiger partial charge is 0.0962 e. The van der Waals surface area contributed by atoms with Crippen LogP contribution in [0.4, 0.5) is 0 Å². The first-order chi connectivity index (χ1) is 11.4. The fourth-order valence-electron chi connectivity index (χ4n) is 2.42. The van der Waals surface area contributed by atoms with Crippen molar-refractivity contribution < 1.29 is 0 Å². The van der Waals surface area contributed by atoms with Gasteiger partial charge in [0.2, 0.25) is 0 Å². The predicted octanol–water partition coefficient (Wildman–Crippen LogP) is 5.76. The van der Waals surface area contributed by atoms with Crippen molar-refractivity contribution in [3.63, 3.8) is 0 Å². The number of halogens is 2. The molecule has 0 aliphatic carbocycles. The molecule has 0 unspecified atom stereocenters. The molecule has 0 saturated carbocycles. The van der Waals surface area contributed by atoms with Gasteiger partial charge in [-0.05, 0) is 12.8 Å². The van der Waals surface area contributed by atoms with E-state index in [0.29, 0.717) is 11.8 Å². The van der Waals surface area contributed by atoms with Crippen molar-refractivity contribution in [2.45, 2.75) is 91.9 Å². The molecule has 0 aromatic heterocycles. The Morgan fingerprint density at radius 3 is 1.00 bits per heavy atom. The molecule has 158 valence electrons. The molecule has 0 amide bonds. The molecule has 4 nitrogen and oxygen atoms in total. The van der Waals surface area contributed by atoms with Crippen LogP contribution in [0.1, 0.15) is 91.9 Å². The number of nitrogens with zero attached hydrogens (tertiary/aromatic N) is 2. The highest BCUT2D eigenvalue weighted by Gasteiger charge is 1.98. The van der Waals surface area contributed by atoms with E-state index in [1.54, 1.807) is 0 Å². The summed E-state index contributed by atoms with van der Waals surface area (Å²) in [6, 6.07) is 0. The zero-order chi connectivity index (χ0) is 18.2. The lowest BCUT2D eigenvalue weighted by molar-refractivity contribution is 0.554. The van der Waals surface area contributed by atoms with Crippen molar-refractivity contribution in [3.05, 3.63) is 0 Å². The van der Waals surface area contributed by atoms with Crippen molar-refractivity contribution in [2.75, 3.05) is 13.1 Å². The predicted molar refractivity (Wildman–Crippen MR) is 123 cm³/mol. The molecule has 0 fully saturated rings. The average molecular weight is 412 g/mol. The van der Waals surface area contributed by atoms with Gasteiger partial charge in [-0.1, -0.05) is 79.1 Å². The van der Waals surface area contributed by atoms with Crippen LogP contribution in [0.25, 0.3) is 0 Å². The monoisotopic (exact) mass is 410 g/mol. The Hall–Kier alpha value is -0.480. The largest absolute Gasteiger partial charge is 0.387 e. The molecule has 0 aliphatic heterocycles. The van der Waals surface area contributed by atoms with Gasteiger partial charge < -0.3 is 11.5 Å². The van der Waals surface area contributed by atoms with Gasteiger partial charge >= 0.3 is 0 Å². The van der Waals surface area contributed by atoms with E-state index in [2.05, 4.69) is 37.7 Å². The van der Waals surface area contributed by atoms with E-state index in [0.717, 1.165) is 24.8 Å². The van der Waals surface area contributed by atoms with Crippen LogP contribution in [0.2, 0.25) is 0 Å². The first-order valence-corrected chi connectivity index (χ1v) is 10.0. The lowest BCUT2D eigenvalue weighted by atomic mass is 10.1. The highest BCUT2D eigenvalue weighted by molar-refractivity contribution is 5.85. The molecule has 0 spiro atoms. The average Bonchev–Trinajstić information content (AvgIpc) is 2.54. The SMILES string of the molecule is CC(C)C(N)=NCCCCCCCCCCCCN=C(N)C(C)C.Cl.Cl. The molecule has 0 saturated heterocycles. The molecule has 26 heavy (non-hydrogen) atoms. The number of hydrogen-bond donors (Lipinski definition) is 2. The first-order valence-electron chi connectivity index (χ1n) is 10.0. The minimum Gasteiger partial charge on any atom is -0.387 e. The van der Waals surface area contributed by atoms with Gasteiger partial charge in [0.05, 0.1) is 11.7 Å². The Kier molecular flexibility index (Phi) is 24.2. The number of hydrogen-bond acceptors (Lipinski definition) is 2. The third kappa shape index (κ3) is 19.8. The van der Waals surface area contributed by atoms with Crippen LogP contribution in [-0.4, -0.2) is 24.8 Å². The summed E-state index contributed by atoms with van der Waals surface area (Å²) in [5.41, 5.74) is 11.6. The Morgan fingerprint density at radius 2 is 0.769 bits per heavy atom. The number of aliphatic imine (C=N–C) groups is 2. The zero-order valence-electron chi connectivity index (χ0n) is 17.5. The van der Waals surface area contributed by atoms with E-state index >= 15 is 0 Å². The summed E-state index contributed by atoms with van der Waals surface area (Å²) in [5.74, 6) is 2.36. The molecule has 0 aromatic carbocycles. The highest BCUT2D eigenvalue weighted by atomic mass is 35.5. The van der Waals surface area contributed by atoms with Crippen LogP contribution in [0, 0.1) is 11.8 Å². The van der Waals surface area contributed by atoms with Crippen LogP contribution < -0.4 is 11.5 Å². The van der Waals surface area contributed by atoms with Gasteiger partial charge in [0.15, 0.2) is 0 Å². The summed E-state index contributed by atoms with van der Waals surface area (Å²) >= 11 is 0. The fraction of sp³-hybridized carbons (Fsp3) is 0.900. The maximum absolute atomic E-state index is 5.82. The number of nitrogens with two attached hydrogens (primary N) is 2. The summed E-state index contributed by atoms with van der Waals surface area (Å²) in [6.07, 6.45) is 13.0. The molecular formula is C20H44Cl2N4. The van der Waals surface area contributed by atoms with E-state index in [1.165, 1.54) is 64.2 Å². The van der Waals surface area contributed by atoms with E-state index in [9.17, 15) is 0 Å². The number of unbranched alkanes of at least 4 members (excludes halogenated alkanes) is 9. The molecule has 6 heteroatoms. The highest BCUT2D eigenvalue weighted by Crippen LogP contribution is 2.11. The summed E-state index contributed by atoms with van der Waals surface area (Å²) in [4.78, 5) is 8.81. The van der Waals surface area contributed by atoms with Gasteiger partial charge in [0, 0.05) is 24.9 Å². The minimum atomic E-state index is 0. The molecule has 0 aliphatic rings. The maximum atomic E-state index is 5.82. The quantitative estimate of drug-likeness (QED) is 0.204. The van der Waals surface area contributed by atoms with Crippen LogP contribution in [0.15, 0.2) is 9.98 Å². The van der Waals surface area contributed by atoms with Crippen LogP contribution in [-0.2, 0) is 0 Å². The Morgan fingerprint density at radius 1 is 0.538 bits per heavy atom. The van der Waals surface area contributed by atoms with E-state index in [4.69, 9.17) is 11.5 Å². The van der Waals surface area contributed by atoms with Gasteiger partial charge in [-0.15, -0.1) is 24.8 Å². The second-order valence-electron chi connectivity index (χ2n) is 7.46. The normalized spacial score (nSPS) is 12.2. The molecule has 0 heterocycles. The van der Waals surface area contributed by atoms with E-state index in [-0.39, 0.29) is 24.8 Å². The fourth-order valence-corrected chi connectivity index (χ4v) is 2.42. The molecule has 0 atom stereocenters. The van der Waals surface area contributed by atoms with Gasteiger partial charge in [-0.3, -0.25) is 9.98 Å². The Labute approximate surface area is 174 Å². The molecule has 4 N–H and O–H groups in total. The minimum absolute atomic E-state index is 0. The van der Waals surface area contributed by atoms with Crippen LogP contribution >= 0.6 is 24.8 Å². The van der Waals surface area contributed by atoms with Gasteiger partial charge in [-0.25, -0.2) is 0 Å². The van der Waals surface area contributed by atoms with Gasteiger partial charge in [0.1, 0.15) is 0 Å². The van der Waals surface area contributed by atoms with Crippen LogP contribution in [0.5, 0.6) is 0 Å². The second kappa shape index (κ2) is 20.8.